The van der Waals surface area contributed by atoms with Gasteiger partial charge >= 0.3 is 12.1 Å². The van der Waals surface area contributed by atoms with Crippen LogP contribution in [0.4, 0.5) is 13.2 Å². The predicted octanol–water partition coefficient (Wildman–Crippen LogP) is 3.10. The first kappa shape index (κ1) is 26.4. The number of aliphatic hydroxyl groups excluding tert-OH is 1. The maximum absolute atomic E-state index is 12.7. The fourth-order valence-electron chi connectivity index (χ4n) is 4.91. The highest BCUT2D eigenvalue weighted by Gasteiger charge is 2.43. The molecule has 2 N–H and O–H groups in total. The molecular weight excluding hydrogens is 453 g/mol. The number of aryl methyl sites for hydroxylation is 1. The zero-order valence-electron chi connectivity index (χ0n) is 19.4. The van der Waals surface area contributed by atoms with Gasteiger partial charge in [-0.25, -0.2) is 4.79 Å². The van der Waals surface area contributed by atoms with Crippen molar-refractivity contribution in [3.05, 3.63) is 35.4 Å². The van der Waals surface area contributed by atoms with Crippen molar-refractivity contribution in [1.29, 1.82) is 0 Å². The van der Waals surface area contributed by atoms with Crippen LogP contribution >= 0.6 is 0 Å². The summed E-state index contributed by atoms with van der Waals surface area (Å²) in [4.78, 5) is 26.0. The lowest BCUT2D eigenvalue weighted by Crippen LogP contribution is -2.44. The summed E-state index contributed by atoms with van der Waals surface area (Å²) < 4.78 is 37.9. The number of β-amino-alcohol motifs (C(OH)–C–C–N with tert-alkyl or cyclic N) is 1. The third-order valence-corrected chi connectivity index (χ3v) is 6.88. The standard InChI is InChI=1S/C22H32N2O3.C2HF3O2/c1-17-4-6-18(7-5-17)21(26)24-11-8-22(9-12-24)13-20(27-16-22)15-23-10-2-3-19(25)14-23;3-2(4,5)1(6)7/h4-7,19-20,25H,2-3,8-16H2,1H3;(H,6,7). The van der Waals surface area contributed by atoms with Crippen molar-refractivity contribution in [2.75, 3.05) is 39.3 Å². The molecule has 190 valence electrons. The van der Waals surface area contributed by atoms with E-state index in [1.54, 1.807) is 0 Å². The number of nitrogens with zero attached hydrogens (tertiary/aromatic N) is 2. The highest BCUT2D eigenvalue weighted by molar-refractivity contribution is 5.94. The van der Waals surface area contributed by atoms with Gasteiger partial charge < -0.3 is 19.8 Å². The Hall–Kier alpha value is -2.17. The van der Waals surface area contributed by atoms with Crippen LogP contribution in [0.2, 0.25) is 0 Å². The number of carboxylic acid groups (broad SMARTS) is 1. The van der Waals surface area contributed by atoms with Gasteiger partial charge in [0.15, 0.2) is 0 Å². The number of likely N-dealkylation sites (tertiary alicyclic amines) is 2. The minimum absolute atomic E-state index is 0.155. The fraction of sp³-hybridized carbons (Fsp3) is 0.667. The number of hydrogen-bond acceptors (Lipinski definition) is 5. The van der Waals surface area contributed by atoms with E-state index in [2.05, 4.69) is 4.90 Å². The molecule has 0 saturated carbocycles. The Morgan fingerprint density at radius 2 is 1.76 bits per heavy atom. The SMILES string of the molecule is Cc1ccc(C(=O)N2CCC3(CC2)COC(CN2CCCC(O)C2)C3)cc1.O=C(O)C(F)(F)F. The summed E-state index contributed by atoms with van der Waals surface area (Å²) in [5.74, 6) is -2.60. The number of rotatable bonds is 3. The van der Waals surface area contributed by atoms with E-state index in [9.17, 15) is 23.1 Å². The van der Waals surface area contributed by atoms with E-state index < -0.39 is 12.1 Å². The molecule has 3 heterocycles. The lowest BCUT2D eigenvalue weighted by Gasteiger charge is -2.38. The van der Waals surface area contributed by atoms with Crippen LogP contribution in [0.3, 0.4) is 0 Å². The predicted molar refractivity (Wildman–Crippen MR) is 118 cm³/mol. The first-order valence-corrected chi connectivity index (χ1v) is 11.7. The molecule has 1 aromatic rings. The summed E-state index contributed by atoms with van der Waals surface area (Å²) in [5, 5.41) is 17.0. The number of aliphatic hydroxyl groups is 1. The molecule has 3 aliphatic heterocycles. The molecule has 4 rings (SSSR count). The second kappa shape index (κ2) is 11.0. The summed E-state index contributed by atoms with van der Waals surface area (Å²) in [6.45, 7) is 7.30. The third kappa shape index (κ3) is 7.16. The van der Waals surface area contributed by atoms with Gasteiger partial charge in [0.2, 0.25) is 0 Å². The summed E-state index contributed by atoms with van der Waals surface area (Å²) in [7, 11) is 0. The van der Waals surface area contributed by atoms with Gasteiger partial charge in [-0.05, 0) is 63.1 Å². The van der Waals surface area contributed by atoms with Crippen molar-refractivity contribution in [2.45, 2.75) is 57.4 Å². The number of aliphatic carboxylic acids is 1. The Morgan fingerprint density at radius 3 is 2.32 bits per heavy atom. The molecule has 1 aromatic carbocycles. The second-order valence-corrected chi connectivity index (χ2v) is 9.65. The molecule has 1 spiro atoms. The molecule has 2 unspecified atom stereocenters. The Morgan fingerprint density at radius 1 is 1.15 bits per heavy atom. The topological polar surface area (TPSA) is 90.3 Å². The Labute approximate surface area is 197 Å². The van der Waals surface area contributed by atoms with Crippen LogP contribution in [0.5, 0.6) is 0 Å². The van der Waals surface area contributed by atoms with Crippen LogP contribution in [-0.4, -0.2) is 89.6 Å². The first-order valence-electron chi connectivity index (χ1n) is 11.7. The Balaban J connectivity index is 0.000000406. The van der Waals surface area contributed by atoms with Crippen LogP contribution in [0.15, 0.2) is 24.3 Å². The van der Waals surface area contributed by atoms with E-state index >= 15 is 0 Å². The maximum Gasteiger partial charge on any atom is 0.490 e. The number of benzene rings is 1. The Kier molecular flexibility index (Phi) is 8.59. The molecule has 0 aliphatic carbocycles. The minimum Gasteiger partial charge on any atom is -0.475 e. The minimum atomic E-state index is -5.08. The molecule has 3 saturated heterocycles. The zero-order valence-corrected chi connectivity index (χ0v) is 19.4. The van der Waals surface area contributed by atoms with Gasteiger partial charge in [0.1, 0.15) is 0 Å². The smallest absolute Gasteiger partial charge is 0.475 e. The lowest BCUT2D eigenvalue weighted by atomic mass is 9.76. The third-order valence-electron chi connectivity index (χ3n) is 6.88. The number of piperidine rings is 2. The van der Waals surface area contributed by atoms with Crippen LogP contribution in [0.1, 0.15) is 48.0 Å². The summed E-state index contributed by atoms with van der Waals surface area (Å²) in [5.41, 5.74) is 2.21. The first-order chi connectivity index (χ1) is 16.0. The second-order valence-electron chi connectivity index (χ2n) is 9.65. The van der Waals surface area contributed by atoms with Gasteiger partial charge in [0, 0.05) is 31.7 Å². The molecule has 1 amide bonds. The van der Waals surface area contributed by atoms with Crippen molar-refractivity contribution in [3.8, 4) is 0 Å². The van der Waals surface area contributed by atoms with Gasteiger partial charge in [-0.2, -0.15) is 13.2 Å². The van der Waals surface area contributed by atoms with Gasteiger partial charge in [-0.15, -0.1) is 0 Å². The van der Waals surface area contributed by atoms with E-state index in [0.29, 0.717) is 0 Å². The monoisotopic (exact) mass is 486 g/mol. The van der Waals surface area contributed by atoms with Crippen LogP contribution in [0.25, 0.3) is 0 Å². The molecule has 10 heteroatoms. The normalized spacial score (nSPS) is 25.0. The fourth-order valence-corrected chi connectivity index (χ4v) is 4.91. The number of carboxylic acids is 1. The van der Waals surface area contributed by atoms with Crippen molar-refractivity contribution in [1.82, 2.24) is 9.80 Å². The lowest BCUT2D eigenvalue weighted by molar-refractivity contribution is -0.192. The molecule has 34 heavy (non-hydrogen) atoms. The highest BCUT2D eigenvalue weighted by Crippen LogP contribution is 2.42. The molecule has 0 radical (unpaired) electrons. The van der Waals surface area contributed by atoms with E-state index in [1.807, 2.05) is 36.1 Å². The van der Waals surface area contributed by atoms with E-state index in [1.165, 1.54) is 5.56 Å². The number of carbonyl (C=O) groups is 2. The van der Waals surface area contributed by atoms with Crippen LogP contribution < -0.4 is 0 Å². The van der Waals surface area contributed by atoms with Crippen molar-refractivity contribution < 1.29 is 37.7 Å². The molecular formula is C24H33F3N2O5. The summed E-state index contributed by atoms with van der Waals surface area (Å²) >= 11 is 0. The number of ether oxygens (including phenoxy) is 1. The Bertz CT molecular complexity index is 838. The van der Waals surface area contributed by atoms with Gasteiger partial charge in [0.25, 0.3) is 5.91 Å². The maximum atomic E-state index is 12.7. The quantitative estimate of drug-likeness (QED) is 0.683. The largest absolute Gasteiger partial charge is 0.490 e. The van der Waals surface area contributed by atoms with E-state index in [0.717, 1.165) is 77.0 Å². The molecule has 7 nitrogen and oxygen atoms in total. The number of carbonyl (C=O) groups excluding carboxylic acids is 1. The molecule has 0 bridgehead atoms. The van der Waals surface area contributed by atoms with Crippen molar-refractivity contribution in [2.24, 2.45) is 5.41 Å². The zero-order chi connectivity index (χ0) is 24.9. The van der Waals surface area contributed by atoms with Crippen molar-refractivity contribution >= 4 is 11.9 Å². The van der Waals surface area contributed by atoms with E-state index in [4.69, 9.17) is 14.6 Å². The van der Waals surface area contributed by atoms with Gasteiger partial charge in [-0.1, -0.05) is 17.7 Å². The number of amides is 1. The highest BCUT2D eigenvalue weighted by atomic mass is 19.4. The van der Waals surface area contributed by atoms with Crippen LogP contribution in [0, 0.1) is 12.3 Å². The average Bonchev–Trinajstić information content (AvgIpc) is 3.16. The van der Waals surface area contributed by atoms with Gasteiger partial charge in [-0.3, -0.25) is 9.69 Å². The number of halogens is 3. The average molecular weight is 487 g/mol. The summed E-state index contributed by atoms with van der Waals surface area (Å²) in [6.07, 6.45) is 0.172. The molecule has 3 aliphatic rings. The number of alkyl halides is 3. The number of hydrogen-bond donors (Lipinski definition) is 2. The molecule has 0 aromatic heterocycles. The molecule has 2 atom stereocenters. The van der Waals surface area contributed by atoms with Gasteiger partial charge in [0.05, 0.1) is 18.8 Å². The van der Waals surface area contributed by atoms with Crippen LogP contribution in [-0.2, 0) is 9.53 Å². The molecule has 3 fully saturated rings. The summed E-state index contributed by atoms with van der Waals surface area (Å²) in [6, 6.07) is 7.88. The van der Waals surface area contributed by atoms with Crippen molar-refractivity contribution in [3.63, 3.8) is 0 Å². The van der Waals surface area contributed by atoms with E-state index in [-0.39, 0.29) is 23.5 Å².